The molecule has 0 aromatic heterocycles. The summed E-state index contributed by atoms with van der Waals surface area (Å²) >= 11 is 0. The monoisotopic (exact) mass is 250 g/mol. The summed E-state index contributed by atoms with van der Waals surface area (Å²) < 4.78 is 0. The SMILES string of the molecule is CCC1(C(=O)O)C=C(C)C=C(C(=O)O)C1C1CC1. The zero-order chi connectivity index (χ0) is 13.5. The molecular formula is C14H18O4. The van der Waals surface area contributed by atoms with E-state index in [2.05, 4.69) is 0 Å². The van der Waals surface area contributed by atoms with Crippen LogP contribution < -0.4 is 0 Å². The highest BCUT2D eigenvalue weighted by Crippen LogP contribution is 2.54. The van der Waals surface area contributed by atoms with Crippen molar-refractivity contribution in [2.75, 3.05) is 0 Å². The minimum Gasteiger partial charge on any atom is -0.481 e. The minimum atomic E-state index is -1.05. The molecule has 0 amide bonds. The van der Waals surface area contributed by atoms with E-state index < -0.39 is 17.4 Å². The number of hydrogen-bond acceptors (Lipinski definition) is 2. The van der Waals surface area contributed by atoms with Crippen molar-refractivity contribution in [3.8, 4) is 0 Å². The van der Waals surface area contributed by atoms with Gasteiger partial charge in [-0.2, -0.15) is 0 Å². The number of rotatable bonds is 4. The number of hydrogen-bond donors (Lipinski definition) is 2. The molecule has 2 atom stereocenters. The molecule has 0 aromatic rings. The number of carboxylic acid groups (broad SMARTS) is 2. The minimum absolute atomic E-state index is 0.202. The molecule has 4 heteroatoms. The predicted molar refractivity (Wildman–Crippen MR) is 66.0 cm³/mol. The highest BCUT2D eigenvalue weighted by atomic mass is 16.4. The molecule has 0 bridgehead atoms. The second-order valence-electron chi connectivity index (χ2n) is 5.31. The second kappa shape index (κ2) is 4.26. The van der Waals surface area contributed by atoms with Gasteiger partial charge >= 0.3 is 11.9 Å². The van der Waals surface area contributed by atoms with E-state index in [1.165, 1.54) is 0 Å². The quantitative estimate of drug-likeness (QED) is 0.803. The molecular weight excluding hydrogens is 232 g/mol. The predicted octanol–water partition coefficient (Wildman–Crippen LogP) is 2.46. The largest absolute Gasteiger partial charge is 0.481 e. The number of allylic oxidation sites excluding steroid dienone is 2. The molecule has 2 rings (SSSR count). The van der Waals surface area contributed by atoms with Gasteiger partial charge in [-0.25, -0.2) is 4.79 Å². The summed E-state index contributed by atoms with van der Waals surface area (Å²) in [6.45, 7) is 3.58. The molecule has 0 aliphatic heterocycles. The molecule has 2 aliphatic rings. The van der Waals surface area contributed by atoms with Crippen LogP contribution in [0.5, 0.6) is 0 Å². The third kappa shape index (κ3) is 1.85. The second-order valence-corrected chi connectivity index (χ2v) is 5.31. The lowest BCUT2D eigenvalue weighted by Gasteiger charge is -2.37. The van der Waals surface area contributed by atoms with Crippen molar-refractivity contribution in [2.24, 2.45) is 17.3 Å². The molecule has 0 spiro atoms. The van der Waals surface area contributed by atoms with Crippen LogP contribution in [-0.2, 0) is 9.59 Å². The van der Waals surface area contributed by atoms with Crippen LogP contribution in [0.4, 0.5) is 0 Å². The Hall–Kier alpha value is -1.58. The van der Waals surface area contributed by atoms with Gasteiger partial charge in [0.25, 0.3) is 0 Å². The van der Waals surface area contributed by atoms with Gasteiger partial charge in [0, 0.05) is 11.5 Å². The molecule has 4 nitrogen and oxygen atoms in total. The highest BCUT2D eigenvalue weighted by molar-refractivity contribution is 5.92. The highest BCUT2D eigenvalue weighted by Gasteiger charge is 2.53. The molecule has 1 saturated carbocycles. The Kier molecular flexibility index (Phi) is 3.05. The molecule has 0 radical (unpaired) electrons. The first-order chi connectivity index (χ1) is 8.42. The number of carboxylic acids is 2. The molecule has 98 valence electrons. The van der Waals surface area contributed by atoms with Crippen molar-refractivity contribution in [1.82, 2.24) is 0 Å². The van der Waals surface area contributed by atoms with Crippen LogP contribution in [0, 0.1) is 17.3 Å². The van der Waals surface area contributed by atoms with E-state index in [1.807, 2.05) is 6.92 Å². The topological polar surface area (TPSA) is 74.6 Å². The van der Waals surface area contributed by atoms with Gasteiger partial charge in [0.2, 0.25) is 0 Å². The lowest BCUT2D eigenvalue weighted by atomic mass is 9.64. The maximum absolute atomic E-state index is 11.7. The first kappa shape index (κ1) is 12.9. The summed E-state index contributed by atoms with van der Waals surface area (Å²) in [6.07, 6.45) is 5.65. The van der Waals surface area contributed by atoms with Crippen molar-refractivity contribution in [2.45, 2.75) is 33.1 Å². The molecule has 0 aromatic carbocycles. The number of aliphatic carboxylic acids is 2. The van der Waals surface area contributed by atoms with E-state index >= 15 is 0 Å². The van der Waals surface area contributed by atoms with E-state index in [-0.39, 0.29) is 17.4 Å². The van der Waals surface area contributed by atoms with Gasteiger partial charge in [0.1, 0.15) is 0 Å². The van der Waals surface area contributed by atoms with Gasteiger partial charge in [0.05, 0.1) is 5.41 Å². The van der Waals surface area contributed by atoms with Gasteiger partial charge in [-0.1, -0.05) is 18.6 Å². The van der Waals surface area contributed by atoms with Crippen LogP contribution in [0.2, 0.25) is 0 Å². The van der Waals surface area contributed by atoms with E-state index in [0.29, 0.717) is 6.42 Å². The first-order valence-corrected chi connectivity index (χ1v) is 6.30. The van der Waals surface area contributed by atoms with Crippen molar-refractivity contribution >= 4 is 11.9 Å². The number of carbonyl (C=O) groups is 2. The van der Waals surface area contributed by atoms with Crippen LogP contribution in [-0.4, -0.2) is 22.2 Å². The Morgan fingerprint density at radius 3 is 2.39 bits per heavy atom. The molecule has 2 unspecified atom stereocenters. The molecule has 18 heavy (non-hydrogen) atoms. The third-order valence-electron chi connectivity index (χ3n) is 4.08. The molecule has 1 fully saturated rings. The lowest BCUT2D eigenvalue weighted by molar-refractivity contribution is -0.149. The Morgan fingerprint density at radius 2 is 2.00 bits per heavy atom. The fraction of sp³-hybridized carbons (Fsp3) is 0.571. The van der Waals surface area contributed by atoms with Crippen molar-refractivity contribution in [3.63, 3.8) is 0 Å². The van der Waals surface area contributed by atoms with E-state index in [1.54, 1.807) is 19.1 Å². The van der Waals surface area contributed by atoms with Gasteiger partial charge in [-0.15, -0.1) is 0 Å². The van der Waals surface area contributed by atoms with Gasteiger partial charge < -0.3 is 10.2 Å². The molecule has 2 N–H and O–H groups in total. The average Bonchev–Trinajstić information content (AvgIpc) is 3.11. The smallest absolute Gasteiger partial charge is 0.331 e. The van der Waals surface area contributed by atoms with Gasteiger partial charge in [0.15, 0.2) is 0 Å². The Bertz CT molecular complexity index is 456. The molecule has 0 saturated heterocycles. The summed E-state index contributed by atoms with van der Waals surface area (Å²) in [7, 11) is 0. The fourth-order valence-corrected chi connectivity index (χ4v) is 3.12. The van der Waals surface area contributed by atoms with Crippen molar-refractivity contribution < 1.29 is 19.8 Å². The lowest BCUT2D eigenvalue weighted by Crippen LogP contribution is -2.42. The fourth-order valence-electron chi connectivity index (χ4n) is 3.12. The average molecular weight is 250 g/mol. The maximum atomic E-state index is 11.7. The zero-order valence-electron chi connectivity index (χ0n) is 10.6. The first-order valence-electron chi connectivity index (χ1n) is 6.30. The van der Waals surface area contributed by atoms with Crippen molar-refractivity contribution in [1.29, 1.82) is 0 Å². The van der Waals surface area contributed by atoms with Crippen LogP contribution in [0.1, 0.15) is 33.1 Å². The summed E-state index contributed by atoms with van der Waals surface area (Å²) in [5.74, 6) is -2.08. The normalized spacial score (nSPS) is 31.6. The van der Waals surface area contributed by atoms with Crippen LogP contribution in [0.15, 0.2) is 23.3 Å². The van der Waals surface area contributed by atoms with E-state index in [4.69, 9.17) is 0 Å². The standard InChI is InChI=1S/C14H18O4/c1-3-14(13(17)18)7-8(2)6-10(12(15)16)11(14)9-4-5-9/h6-7,9,11H,3-5H2,1-2H3,(H,15,16)(H,17,18). The summed E-state index contributed by atoms with van der Waals surface area (Å²) in [4.78, 5) is 23.1. The van der Waals surface area contributed by atoms with Gasteiger partial charge in [-0.3, -0.25) is 4.79 Å². The Balaban J connectivity index is 2.54. The van der Waals surface area contributed by atoms with Crippen LogP contribution >= 0.6 is 0 Å². The third-order valence-corrected chi connectivity index (χ3v) is 4.08. The summed E-state index contributed by atoms with van der Waals surface area (Å²) in [6, 6.07) is 0. The zero-order valence-corrected chi connectivity index (χ0v) is 10.6. The van der Waals surface area contributed by atoms with E-state index in [0.717, 1.165) is 18.4 Å². The van der Waals surface area contributed by atoms with Crippen molar-refractivity contribution in [3.05, 3.63) is 23.3 Å². The summed E-state index contributed by atoms with van der Waals surface area (Å²) in [5, 5.41) is 18.9. The molecule has 0 heterocycles. The Morgan fingerprint density at radius 1 is 1.39 bits per heavy atom. The van der Waals surface area contributed by atoms with Crippen LogP contribution in [0.3, 0.4) is 0 Å². The van der Waals surface area contributed by atoms with E-state index in [9.17, 15) is 19.8 Å². The van der Waals surface area contributed by atoms with Crippen LogP contribution in [0.25, 0.3) is 0 Å². The maximum Gasteiger partial charge on any atom is 0.331 e. The van der Waals surface area contributed by atoms with Gasteiger partial charge in [-0.05, 0) is 38.2 Å². The Labute approximate surface area is 106 Å². The summed E-state index contributed by atoms with van der Waals surface area (Å²) in [5.41, 5.74) is -0.0522. The molecule has 2 aliphatic carbocycles.